The van der Waals surface area contributed by atoms with Gasteiger partial charge < -0.3 is 24.5 Å². The van der Waals surface area contributed by atoms with E-state index < -0.39 is 10.2 Å². The third-order valence-corrected chi connectivity index (χ3v) is 8.74. The number of nitrogens with two attached hydrogens (primary N) is 1. The summed E-state index contributed by atoms with van der Waals surface area (Å²) >= 11 is 0. The lowest BCUT2D eigenvalue weighted by molar-refractivity contribution is 0.0256. The molecule has 37 heavy (non-hydrogen) atoms. The number of anilines is 2. The van der Waals surface area contributed by atoms with E-state index in [1.807, 2.05) is 18.2 Å². The minimum atomic E-state index is -3.69. The first kappa shape index (κ1) is 24.5. The van der Waals surface area contributed by atoms with Crippen molar-refractivity contribution in [2.75, 3.05) is 36.9 Å². The highest BCUT2D eigenvalue weighted by Gasteiger charge is 2.28. The average Bonchev–Trinajstić information content (AvgIpc) is 3.45. The van der Waals surface area contributed by atoms with Gasteiger partial charge in [0.25, 0.3) is 10.2 Å². The van der Waals surface area contributed by atoms with Crippen molar-refractivity contribution in [1.29, 1.82) is 0 Å². The highest BCUT2D eigenvalue weighted by molar-refractivity contribution is 7.90. The van der Waals surface area contributed by atoms with Gasteiger partial charge in [0.2, 0.25) is 0 Å². The third kappa shape index (κ3) is 5.16. The lowest BCUT2D eigenvalue weighted by Crippen LogP contribution is -2.38. The lowest BCUT2D eigenvalue weighted by atomic mass is 9.92. The molecule has 3 fully saturated rings. The molecular formula is C27H34N4O5S. The van der Waals surface area contributed by atoms with Crippen LogP contribution in [0.2, 0.25) is 0 Å². The van der Waals surface area contributed by atoms with Crippen molar-refractivity contribution >= 4 is 32.5 Å². The predicted molar refractivity (Wildman–Crippen MR) is 144 cm³/mol. The van der Waals surface area contributed by atoms with Gasteiger partial charge in [-0.1, -0.05) is 12.1 Å². The lowest BCUT2D eigenvalue weighted by Gasteiger charge is -2.30. The highest BCUT2D eigenvalue weighted by Crippen LogP contribution is 2.45. The van der Waals surface area contributed by atoms with Gasteiger partial charge in [0, 0.05) is 54.2 Å². The molecular weight excluding hydrogens is 492 g/mol. The fraction of sp³-hybridized carbons (Fsp3) is 0.481. The number of nitrogens with zero attached hydrogens (tertiary/aromatic N) is 1. The van der Waals surface area contributed by atoms with Crippen LogP contribution in [0.5, 0.6) is 5.75 Å². The summed E-state index contributed by atoms with van der Waals surface area (Å²) in [6.45, 7) is 2.44. The minimum Gasteiger partial charge on any atom is -0.490 e. The zero-order valence-electron chi connectivity index (χ0n) is 20.8. The Hall–Kier alpha value is -2.79. The third-order valence-electron chi connectivity index (χ3n) is 7.59. The van der Waals surface area contributed by atoms with E-state index in [2.05, 4.69) is 26.1 Å². The molecule has 4 N–H and O–H groups in total. The van der Waals surface area contributed by atoms with Crippen molar-refractivity contribution in [3.05, 3.63) is 42.5 Å². The summed E-state index contributed by atoms with van der Waals surface area (Å²) in [4.78, 5) is 0. The van der Waals surface area contributed by atoms with E-state index in [0.717, 1.165) is 72.5 Å². The molecule has 1 saturated carbocycles. The number of hydrogen-bond acceptors (Lipinski definition) is 6. The number of nitrogens with one attached hydrogen (secondary N) is 2. The van der Waals surface area contributed by atoms with E-state index in [-0.39, 0.29) is 12.1 Å². The molecule has 3 aromatic rings. The highest BCUT2D eigenvalue weighted by atomic mass is 32.2. The van der Waals surface area contributed by atoms with E-state index in [4.69, 9.17) is 19.9 Å². The first-order valence-electron chi connectivity index (χ1n) is 13.1. The molecule has 3 heterocycles. The van der Waals surface area contributed by atoms with Crippen LogP contribution in [0.3, 0.4) is 0 Å². The first-order chi connectivity index (χ1) is 18.0. The van der Waals surface area contributed by atoms with Crippen LogP contribution >= 0.6 is 0 Å². The molecule has 10 heteroatoms. The van der Waals surface area contributed by atoms with Gasteiger partial charge in [-0.2, -0.15) is 13.1 Å². The Balaban J connectivity index is 1.29. The fourth-order valence-corrected chi connectivity index (χ4v) is 6.55. The summed E-state index contributed by atoms with van der Waals surface area (Å²) in [6, 6.07) is 13.8. The Morgan fingerprint density at radius 3 is 2.38 bits per heavy atom. The van der Waals surface area contributed by atoms with Gasteiger partial charge in [-0.3, -0.25) is 4.72 Å². The molecule has 9 nitrogen and oxygen atoms in total. The summed E-state index contributed by atoms with van der Waals surface area (Å²) in [6.07, 6.45) is 6.05. The molecule has 0 spiro atoms. The molecule has 0 unspecified atom stereocenters. The molecule has 1 aromatic heterocycles. The monoisotopic (exact) mass is 526 g/mol. The Kier molecular flexibility index (Phi) is 6.74. The van der Waals surface area contributed by atoms with E-state index in [0.29, 0.717) is 31.4 Å². The predicted octanol–water partition coefficient (Wildman–Crippen LogP) is 4.21. The van der Waals surface area contributed by atoms with Crippen LogP contribution in [0, 0.1) is 0 Å². The number of rotatable bonds is 8. The van der Waals surface area contributed by atoms with Crippen molar-refractivity contribution < 1.29 is 22.6 Å². The number of nitrogen functional groups attached to an aromatic ring is 1. The summed E-state index contributed by atoms with van der Waals surface area (Å²) in [5, 5.41) is 1.01. The van der Waals surface area contributed by atoms with Crippen molar-refractivity contribution in [2.45, 2.75) is 56.7 Å². The maximum atomic E-state index is 12.5. The maximum Gasteiger partial charge on any atom is 0.299 e. The topological polar surface area (TPSA) is 117 Å². The molecule has 0 amide bonds. The molecule has 2 aromatic carbocycles. The smallest absolute Gasteiger partial charge is 0.299 e. The molecule has 1 aliphatic carbocycles. The van der Waals surface area contributed by atoms with Gasteiger partial charge in [-0.05, 0) is 49.9 Å². The van der Waals surface area contributed by atoms with Crippen LogP contribution in [0.15, 0.2) is 42.5 Å². The van der Waals surface area contributed by atoms with Gasteiger partial charge in [-0.25, -0.2) is 0 Å². The van der Waals surface area contributed by atoms with E-state index in [9.17, 15) is 8.42 Å². The molecule has 1 atom stereocenters. The molecule has 2 aliphatic heterocycles. The van der Waals surface area contributed by atoms with Crippen LogP contribution < -0.4 is 19.9 Å². The van der Waals surface area contributed by atoms with E-state index >= 15 is 0 Å². The minimum absolute atomic E-state index is 0.169. The zero-order chi connectivity index (χ0) is 25.4. The summed E-state index contributed by atoms with van der Waals surface area (Å²) in [7, 11) is -3.69. The first-order valence-corrected chi connectivity index (χ1v) is 14.6. The SMILES string of the molecule is Nc1c(-c2ccc(NS(=O)(=O)N[C@@H]3CCOC3)cc2)n(C2CCC2)c2cc(OC3CCOCC3)ccc12. The molecule has 0 radical (unpaired) electrons. The van der Waals surface area contributed by atoms with Gasteiger partial charge in [0.05, 0.1) is 36.7 Å². The van der Waals surface area contributed by atoms with Gasteiger partial charge in [-0.15, -0.1) is 0 Å². The largest absolute Gasteiger partial charge is 0.490 e. The average molecular weight is 527 g/mol. The van der Waals surface area contributed by atoms with Gasteiger partial charge >= 0.3 is 0 Å². The summed E-state index contributed by atoms with van der Waals surface area (Å²) in [5.74, 6) is 0.856. The quantitative estimate of drug-likeness (QED) is 0.405. The van der Waals surface area contributed by atoms with E-state index in [1.54, 1.807) is 12.1 Å². The van der Waals surface area contributed by atoms with Crippen LogP contribution in [0.25, 0.3) is 22.2 Å². The number of ether oxygens (including phenoxy) is 3. The summed E-state index contributed by atoms with van der Waals surface area (Å²) in [5.41, 5.74) is 11.0. The Bertz CT molecular complexity index is 1360. The van der Waals surface area contributed by atoms with Crippen LogP contribution in [-0.4, -0.2) is 51.6 Å². The van der Waals surface area contributed by atoms with Crippen molar-refractivity contribution in [2.24, 2.45) is 0 Å². The standard InChI is InChI=1S/C27H34N4O5S/c28-26-24-9-8-23(36-22-11-14-34-15-12-22)16-25(24)31(21-2-1-3-21)27(26)18-4-6-19(7-5-18)29-37(32,33)30-20-10-13-35-17-20/h4-9,16,20-22,29-30H,1-3,10-15,17,28H2/t20-/m1/s1. The van der Waals surface area contributed by atoms with Crippen LogP contribution in [-0.2, 0) is 19.7 Å². The normalized spacial score (nSPS) is 21.2. The number of fused-ring (bicyclic) bond motifs is 1. The van der Waals surface area contributed by atoms with Crippen molar-refractivity contribution in [3.63, 3.8) is 0 Å². The van der Waals surface area contributed by atoms with Crippen molar-refractivity contribution in [1.82, 2.24) is 9.29 Å². The second-order valence-corrected chi connectivity index (χ2v) is 11.6. The number of hydrogen-bond donors (Lipinski definition) is 3. The van der Waals surface area contributed by atoms with Gasteiger partial charge in [0.15, 0.2) is 0 Å². The van der Waals surface area contributed by atoms with Crippen LogP contribution in [0.4, 0.5) is 11.4 Å². The number of aromatic nitrogens is 1. The molecule has 0 bridgehead atoms. The maximum absolute atomic E-state index is 12.5. The second kappa shape index (κ2) is 10.2. The molecule has 3 aliphatic rings. The fourth-order valence-electron chi connectivity index (χ4n) is 5.42. The van der Waals surface area contributed by atoms with Gasteiger partial charge in [0.1, 0.15) is 11.9 Å². The van der Waals surface area contributed by atoms with Crippen LogP contribution in [0.1, 0.15) is 44.6 Å². The van der Waals surface area contributed by atoms with Crippen molar-refractivity contribution in [3.8, 4) is 17.0 Å². The Labute approximate surface area is 217 Å². The second-order valence-electron chi connectivity index (χ2n) is 10.2. The Morgan fingerprint density at radius 1 is 0.946 bits per heavy atom. The number of benzene rings is 2. The zero-order valence-corrected chi connectivity index (χ0v) is 21.6. The summed E-state index contributed by atoms with van der Waals surface area (Å²) < 4.78 is 49.7. The molecule has 198 valence electrons. The Morgan fingerprint density at radius 2 is 1.70 bits per heavy atom. The molecule has 6 rings (SSSR count). The molecule has 2 saturated heterocycles. The van der Waals surface area contributed by atoms with E-state index in [1.165, 1.54) is 6.42 Å².